The Labute approximate surface area is 585 Å². The number of fused-ring (bicyclic) bond motifs is 9. The van der Waals surface area contributed by atoms with Gasteiger partial charge >= 0.3 is 17.9 Å². The van der Waals surface area contributed by atoms with E-state index in [0.29, 0.717) is 72.7 Å². The van der Waals surface area contributed by atoms with Crippen LogP contribution in [0.3, 0.4) is 0 Å². The van der Waals surface area contributed by atoms with Crippen molar-refractivity contribution in [2.24, 2.45) is 0 Å². The Morgan fingerprint density at radius 1 is 0.733 bits per heavy atom. The molecule has 536 valence electrons. The molecule has 5 aromatic heterocycles. The van der Waals surface area contributed by atoms with Crippen LogP contribution in [0, 0.1) is 13.8 Å². The molecule has 8 atom stereocenters. The fourth-order valence-electron chi connectivity index (χ4n) is 12.5. The van der Waals surface area contributed by atoms with Crippen molar-refractivity contribution < 1.29 is 75.9 Å². The second kappa shape index (κ2) is 32.5. The van der Waals surface area contributed by atoms with Gasteiger partial charge in [-0.3, -0.25) is 62.7 Å². The molecule has 1 aromatic carbocycles. The third-order valence-electron chi connectivity index (χ3n) is 17.9. The van der Waals surface area contributed by atoms with Crippen molar-refractivity contribution in [3.63, 3.8) is 0 Å². The molecule has 0 spiro atoms. The highest BCUT2D eigenvalue weighted by atomic mass is 33.1. The van der Waals surface area contributed by atoms with E-state index < -0.39 is 131 Å². The predicted molar refractivity (Wildman–Crippen MR) is 374 cm³/mol. The van der Waals surface area contributed by atoms with Crippen LogP contribution in [0.1, 0.15) is 178 Å². The van der Waals surface area contributed by atoms with Crippen molar-refractivity contribution in [1.29, 1.82) is 0 Å². The molecule has 0 radical (unpaired) electrons. The van der Waals surface area contributed by atoms with Crippen LogP contribution in [0.25, 0.3) is 33.2 Å². The van der Waals surface area contributed by atoms with Gasteiger partial charge in [0, 0.05) is 124 Å². The average Bonchev–Trinajstić information content (AvgIpc) is 1.56. The number of carbonyl (C=O) groups excluding carboxylic acids is 8. The summed E-state index contributed by atoms with van der Waals surface area (Å²) in [5.41, 5.74) is 13.3. The SMILES string of the molecule is CC[C@H]1c2cc3[nH]c4c(c3C)C(=O)C(C(=O)OC)c4c3nc(cc4[nH]c(cc(n2)[C@@H]1C)c(C(C)=O)c4C)[C@@H](C)[C@@H]3CCC(=O)NCCSSC[C@H](NC(=O)[C@H](CCC(=O)NCCS(=O)(=O)O)NC(=O)CC[C@H](NC(=O)c1ccc(NCc2cnc3nc(N)[nH]c(=O)c3n2)cc1)C(=O)O)C(=O)O. The third-order valence-corrected chi connectivity index (χ3v) is 21.1. The molecule has 35 heteroatoms. The molecule has 9 rings (SSSR count). The van der Waals surface area contributed by atoms with Crippen LogP contribution in [0.15, 0.2) is 53.5 Å². The van der Waals surface area contributed by atoms with Crippen molar-refractivity contribution in [2.45, 2.75) is 141 Å². The van der Waals surface area contributed by atoms with Gasteiger partial charge in [0.05, 0.1) is 48.0 Å². The molecule has 1 unspecified atom stereocenters. The molecule has 0 saturated heterocycles. The Balaban J connectivity index is 0.813. The Kier molecular flexibility index (Phi) is 24.1. The van der Waals surface area contributed by atoms with E-state index in [1.165, 1.54) is 55.3 Å². The van der Waals surface area contributed by atoms with E-state index in [1.54, 1.807) is 0 Å². The number of nitrogens with zero attached hydrogens (tertiary/aromatic N) is 5. The lowest BCUT2D eigenvalue weighted by atomic mass is 9.84. The number of Topliss-reactive ketones (excluding diaryl/α,β-unsaturated/α-hetero) is 2. The topological polar surface area (TPSA) is 502 Å². The van der Waals surface area contributed by atoms with Gasteiger partial charge in [-0.2, -0.15) is 13.4 Å². The van der Waals surface area contributed by atoms with Gasteiger partial charge in [-0.1, -0.05) is 42.4 Å². The lowest BCUT2D eigenvalue weighted by Crippen LogP contribution is -2.52. The normalized spacial score (nSPS) is 17.1. The van der Waals surface area contributed by atoms with Gasteiger partial charge in [-0.15, -0.1) is 0 Å². The van der Waals surface area contributed by atoms with Gasteiger partial charge in [0.1, 0.15) is 24.0 Å². The largest absolute Gasteiger partial charge is 0.480 e. The van der Waals surface area contributed by atoms with Crippen molar-refractivity contribution >= 4 is 136 Å². The van der Waals surface area contributed by atoms with Crippen LogP contribution in [0.2, 0.25) is 0 Å². The third kappa shape index (κ3) is 17.9. The molecular formula is C66H77N15O17S3. The number of aromatic nitrogens is 8. The maximum Gasteiger partial charge on any atom is 0.327 e. The first-order valence-electron chi connectivity index (χ1n) is 32.3. The fraction of sp³-hybridized carbons (Fsp3) is 0.424. The lowest BCUT2D eigenvalue weighted by Gasteiger charge is -2.22. The Bertz CT molecular complexity index is 4660. The van der Waals surface area contributed by atoms with Crippen molar-refractivity contribution in [3.8, 4) is 0 Å². The number of esters is 1. The summed E-state index contributed by atoms with van der Waals surface area (Å²) >= 11 is 0. The Morgan fingerprint density at radius 3 is 2.06 bits per heavy atom. The maximum atomic E-state index is 14.5. The monoisotopic (exact) mass is 1450 g/mol. The maximum absolute atomic E-state index is 14.5. The lowest BCUT2D eigenvalue weighted by molar-refractivity contribution is -0.142. The number of H-pyrrole nitrogens is 3. The zero-order valence-corrected chi connectivity index (χ0v) is 58.5. The van der Waals surface area contributed by atoms with E-state index in [0.717, 1.165) is 28.6 Å². The summed E-state index contributed by atoms with van der Waals surface area (Å²) in [6, 6.07) is 6.72. The van der Waals surface area contributed by atoms with Gasteiger partial charge < -0.3 is 62.6 Å². The van der Waals surface area contributed by atoms with Crippen LogP contribution in [-0.2, 0) is 55.0 Å². The number of carboxylic acid groups (broad SMARTS) is 2. The summed E-state index contributed by atoms with van der Waals surface area (Å²) in [4.78, 5) is 178. The summed E-state index contributed by atoms with van der Waals surface area (Å²) in [5, 5.41) is 35.5. The molecule has 3 aliphatic rings. The number of nitrogen functional groups attached to an aromatic ring is 1. The number of anilines is 2. The fourth-order valence-corrected chi connectivity index (χ4v) is 15.0. The highest BCUT2D eigenvalue weighted by Crippen LogP contribution is 2.48. The smallest absolute Gasteiger partial charge is 0.327 e. The van der Waals surface area contributed by atoms with E-state index in [1.807, 2.05) is 39.0 Å². The van der Waals surface area contributed by atoms with Gasteiger partial charge in [-0.05, 0) is 100 Å². The molecular weight excluding hydrogens is 1370 g/mol. The number of benzene rings is 1. The Morgan fingerprint density at radius 2 is 1.38 bits per heavy atom. The number of aliphatic carboxylic acids is 2. The number of hydrogen-bond acceptors (Lipinski definition) is 23. The van der Waals surface area contributed by atoms with Gasteiger partial charge in [-0.25, -0.2) is 19.6 Å². The van der Waals surface area contributed by atoms with E-state index in [4.69, 9.17) is 25.0 Å². The zero-order chi connectivity index (χ0) is 73.3. The van der Waals surface area contributed by atoms with E-state index in [9.17, 15) is 71.4 Å². The molecule has 7 heterocycles. The Hall–Kier alpha value is -10.1. The van der Waals surface area contributed by atoms with Crippen LogP contribution < -0.4 is 43.2 Å². The van der Waals surface area contributed by atoms with Crippen LogP contribution in [0.5, 0.6) is 0 Å². The number of amides is 5. The molecule has 1 aliphatic carbocycles. The van der Waals surface area contributed by atoms with Crippen molar-refractivity contribution in [1.82, 2.24) is 66.5 Å². The summed E-state index contributed by atoms with van der Waals surface area (Å²) < 4.78 is 36.8. The number of aryl methyl sites for hydroxylation is 2. The molecule has 6 aromatic rings. The summed E-state index contributed by atoms with van der Waals surface area (Å²) in [6.45, 7) is 11.0. The number of methoxy groups -OCH3 is 1. The minimum atomic E-state index is -4.46. The molecule has 14 N–H and O–H groups in total. The average molecular weight is 1450 g/mol. The van der Waals surface area contributed by atoms with E-state index in [2.05, 4.69) is 75.7 Å². The number of nitrogens with two attached hydrogens (primary N) is 1. The van der Waals surface area contributed by atoms with Gasteiger partial charge in [0.2, 0.25) is 29.6 Å². The summed E-state index contributed by atoms with van der Waals surface area (Å²) in [5.74, 6) is -11.5. The van der Waals surface area contributed by atoms with Crippen LogP contribution in [0.4, 0.5) is 11.6 Å². The van der Waals surface area contributed by atoms with Crippen molar-refractivity contribution in [3.05, 3.63) is 121 Å². The number of hydrogen-bond donors (Lipinski definition) is 13. The van der Waals surface area contributed by atoms with E-state index >= 15 is 0 Å². The van der Waals surface area contributed by atoms with E-state index in [-0.39, 0.29) is 89.6 Å². The zero-order valence-electron chi connectivity index (χ0n) is 56.0. The highest BCUT2D eigenvalue weighted by molar-refractivity contribution is 8.76. The molecule has 2 aliphatic heterocycles. The number of ether oxygens (including phenoxy) is 1. The van der Waals surface area contributed by atoms with Crippen molar-refractivity contribution in [2.75, 3.05) is 48.5 Å². The first-order chi connectivity index (χ1) is 47.9. The second-order valence-electron chi connectivity index (χ2n) is 24.7. The molecule has 0 fully saturated rings. The number of carbonyl (C=O) groups is 10. The minimum absolute atomic E-state index is 0.00488. The number of rotatable bonds is 31. The number of ketones is 2. The first kappa shape index (κ1) is 75.1. The summed E-state index contributed by atoms with van der Waals surface area (Å²) in [6.07, 6.45) is 0.260. The molecule has 5 amide bonds. The summed E-state index contributed by atoms with van der Waals surface area (Å²) in [7, 11) is -1.05. The molecule has 0 saturated carbocycles. The minimum Gasteiger partial charge on any atom is -0.480 e. The van der Waals surface area contributed by atoms with Crippen LogP contribution in [-0.4, -0.2) is 178 Å². The first-order valence-corrected chi connectivity index (χ1v) is 36.4. The van der Waals surface area contributed by atoms with Gasteiger partial charge in [0.25, 0.3) is 21.6 Å². The van der Waals surface area contributed by atoms with Gasteiger partial charge in [0.15, 0.2) is 22.7 Å². The number of aromatic amines is 3. The molecule has 32 nitrogen and oxygen atoms in total. The standard InChI is InChI=1S/C66H77N15O17S3/c1-8-37-29(2)41-25-46-51(33(6)82)31(4)43(74-46)23-42-30(3)38(55(76-42)53-54(65(94)98-7)58(86)52-32(5)44(77-56(52)53)24-45(37)73-41)13-16-48(83)68-19-21-99-100-28-47(64(92)93)79-61(88)39(14-17-49(84)69-20-22-101(95,96)97)75-50(85)18-15-40(63(90)91)78-60(87)34-9-11-35(12-10-34)70-26-36-27-71-59-57(72-36)62(89)81-66(67)80-59/h9-12,23-25,27,29-30,37-40,47,54,70,74,77H,8,13-22,26,28H2,1-7H3,(H,68,83)(H,69,84)(H,75,85)(H,78,87)(H,79,88)(H,90,91)(H,92,93)(H,95,96,97)(H3,67,71,80,81,89)/t29-,30+,37-,38+,39+,40+,47+,54?/m1/s1. The number of carboxylic acids is 2. The molecule has 101 heavy (non-hydrogen) atoms. The quantitative estimate of drug-likeness (QED) is 0.00696. The second-order valence-corrected chi connectivity index (χ2v) is 28.9. The predicted octanol–water partition coefficient (Wildman–Crippen LogP) is 4.77. The highest BCUT2D eigenvalue weighted by Gasteiger charge is 2.46. The molecule has 8 bridgehead atoms. The number of nitrogens with one attached hydrogen (secondary N) is 9. The van der Waals surface area contributed by atoms with Crippen LogP contribution >= 0.6 is 21.6 Å².